The third-order valence-corrected chi connectivity index (χ3v) is 1.98. The van der Waals surface area contributed by atoms with E-state index in [1.807, 2.05) is 0 Å². The van der Waals surface area contributed by atoms with Gasteiger partial charge in [-0.3, -0.25) is 9.59 Å². The molecule has 5 heteroatoms. The predicted molar refractivity (Wildman–Crippen MR) is 54.8 cm³/mol. The van der Waals surface area contributed by atoms with Crippen molar-refractivity contribution in [1.82, 2.24) is 5.32 Å². The zero-order valence-electron chi connectivity index (χ0n) is 7.75. The number of thiol groups is 1. The third kappa shape index (κ3) is 5.65. The molecule has 0 heterocycles. The Labute approximate surface area is 83.7 Å². The van der Waals surface area contributed by atoms with Crippen LogP contribution in [0.2, 0.25) is 0 Å². The molecule has 0 saturated heterocycles. The Morgan fingerprint density at radius 2 is 2.15 bits per heavy atom. The zero-order chi connectivity index (χ0) is 10.3. The van der Waals surface area contributed by atoms with Crippen molar-refractivity contribution in [3.05, 3.63) is 0 Å². The van der Waals surface area contributed by atoms with Crippen LogP contribution in [-0.2, 0) is 9.59 Å². The molecule has 1 unspecified atom stereocenters. The molecule has 0 aliphatic heterocycles. The molecule has 0 bridgehead atoms. The number of hydrogen-bond acceptors (Lipinski definition) is 4. The fourth-order valence-electron chi connectivity index (χ4n) is 0.805. The molecule has 0 rings (SSSR count). The van der Waals surface area contributed by atoms with Crippen LogP contribution in [0.15, 0.2) is 0 Å². The van der Waals surface area contributed by atoms with Gasteiger partial charge in [0, 0.05) is 12.2 Å². The molecule has 0 spiro atoms. The lowest BCUT2D eigenvalue weighted by Crippen LogP contribution is -2.41. The van der Waals surface area contributed by atoms with E-state index in [9.17, 15) is 9.59 Å². The standard InChI is InChI=1S/C8H16N2O2S/c1-6(11)7(5-13)10-8(12)3-2-4-9/h7,13H,2-5,9H2,1H3,(H,10,12). The molecule has 0 fully saturated rings. The van der Waals surface area contributed by atoms with Crippen molar-refractivity contribution < 1.29 is 9.59 Å². The molecule has 3 N–H and O–H groups in total. The van der Waals surface area contributed by atoms with Gasteiger partial charge in [0.25, 0.3) is 0 Å². The third-order valence-electron chi connectivity index (χ3n) is 1.62. The van der Waals surface area contributed by atoms with Crippen molar-refractivity contribution in [2.45, 2.75) is 25.8 Å². The number of ketones is 1. The molecule has 1 amide bonds. The van der Waals surface area contributed by atoms with Gasteiger partial charge < -0.3 is 11.1 Å². The van der Waals surface area contributed by atoms with E-state index < -0.39 is 6.04 Å². The van der Waals surface area contributed by atoms with Crippen LogP contribution in [0, 0.1) is 0 Å². The Morgan fingerprint density at radius 1 is 1.54 bits per heavy atom. The first-order valence-electron chi connectivity index (χ1n) is 4.22. The molecular weight excluding hydrogens is 188 g/mol. The molecule has 76 valence electrons. The van der Waals surface area contributed by atoms with Gasteiger partial charge in [0.2, 0.25) is 5.91 Å². The molecule has 4 nitrogen and oxygen atoms in total. The van der Waals surface area contributed by atoms with Crippen LogP contribution >= 0.6 is 12.6 Å². The van der Waals surface area contributed by atoms with Crippen LogP contribution in [0.4, 0.5) is 0 Å². The van der Waals surface area contributed by atoms with Gasteiger partial charge in [0.15, 0.2) is 5.78 Å². The van der Waals surface area contributed by atoms with Gasteiger partial charge in [-0.2, -0.15) is 12.6 Å². The number of nitrogens with two attached hydrogens (primary N) is 1. The van der Waals surface area contributed by atoms with Gasteiger partial charge in [0.05, 0.1) is 6.04 Å². The molecule has 0 aromatic carbocycles. The van der Waals surface area contributed by atoms with Crippen molar-refractivity contribution in [2.24, 2.45) is 5.73 Å². The normalized spacial score (nSPS) is 12.2. The van der Waals surface area contributed by atoms with E-state index in [4.69, 9.17) is 5.73 Å². The molecule has 0 radical (unpaired) electrons. The summed E-state index contributed by atoms with van der Waals surface area (Å²) < 4.78 is 0. The van der Waals surface area contributed by atoms with E-state index in [2.05, 4.69) is 17.9 Å². The van der Waals surface area contributed by atoms with E-state index in [1.165, 1.54) is 6.92 Å². The Morgan fingerprint density at radius 3 is 2.54 bits per heavy atom. The lowest BCUT2D eigenvalue weighted by molar-refractivity contribution is -0.126. The Kier molecular flexibility index (Phi) is 6.62. The summed E-state index contributed by atoms with van der Waals surface area (Å²) in [5.41, 5.74) is 5.24. The minimum absolute atomic E-state index is 0.0731. The minimum Gasteiger partial charge on any atom is -0.345 e. The number of carbonyl (C=O) groups is 2. The second kappa shape index (κ2) is 6.91. The maximum atomic E-state index is 11.1. The van der Waals surface area contributed by atoms with Crippen molar-refractivity contribution in [2.75, 3.05) is 12.3 Å². The number of nitrogens with one attached hydrogen (secondary N) is 1. The van der Waals surface area contributed by atoms with Gasteiger partial charge in [-0.25, -0.2) is 0 Å². The first-order chi connectivity index (χ1) is 6.11. The lowest BCUT2D eigenvalue weighted by atomic mass is 10.2. The molecule has 0 aliphatic carbocycles. The van der Waals surface area contributed by atoms with Crippen molar-refractivity contribution in [3.63, 3.8) is 0 Å². The minimum atomic E-state index is -0.464. The Bertz CT molecular complexity index is 185. The maximum Gasteiger partial charge on any atom is 0.220 e. The highest BCUT2D eigenvalue weighted by Gasteiger charge is 2.14. The molecule has 13 heavy (non-hydrogen) atoms. The summed E-state index contributed by atoms with van der Waals surface area (Å²) in [4.78, 5) is 22.0. The highest BCUT2D eigenvalue weighted by atomic mass is 32.1. The Hall–Kier alpha value is -0.550. The van der Waals surface area contributed by atoms with E-state index >= 15 is 0 Å². The Balaban J connectivity index is 3.80. The van der Waals surface area contributed by atoms with Crippen molar-refractivity contribution in [3.8, 4) is 0 Å². The first kappa shape index (κ1) is 12.4. The molecular formula is C8H16N2O2S. The summed E-state index contributed by atoms with van der Waals surface area (Å²) in [6.45, 7) is 1.92. The quantitative estimate of drug-likeness (QED) is 0.521. The lowest BCUT2D eigenvalue weighted by Gasteiger charge is -2.12. The van der Waals surface area contributed by atoms with Crippen LogP contribution in [0.25, 0.3) is 0 Å². The number of amides is 1. The van der Waals surface area contributed by atoms with Gasteiger partial charge in [-0.1, -0.05) is 0 Å². The van der Waals surface area contributed by atoms with Crippen LogP contribution < -0.4 is 11.1 Å². The fraction of sp³-hybridized carbons (Fsp3) is 0.750. The van der Waals surface area contributed by atoms with Gasteiger partial charge in [-0.15, -0.1) is 0 Å². The van der Waals surface area contributed by atoms with E-state index in [0.717, 1.165) is 0 Å². The summed E-state index contributed by atoms with van der Waals surface area (Å²) in [7, 11) is 0. The average Bonchev–Trinajstić information content (AvgIpc) is 2.10. The molecule has 0 aromatic heterocycles. The average molecular weight is 204 g/mol. The summed E-state index contributed by atoms with van der Waals surface area (Å²) in [6.07, 6.45) is 1.01. The maximum absolute atomic E-state index is 11.1. The predicted octanol–water partition coefficient (Wildman–Crippen LogP) is -0.271. The van der Waals surface area contributed by atoms with E-state index in [1.54, 1.807) is 0 Å². The van der Waals surface area contributed by atoms with Crippen LogP contribution in [0.5, 0.6) is 0 Å². The smallest absolute Gasteiger partial charge is 0.220 e. The monoisotopic (exact) mass is 204 g/mol. The number of Topliss-reactive ketones (excluding diaryl/α,β-unsaturated/α-hetero) is 1. The highest BCUT2D eigenvalue weighted by molar-refractivity contribution is 7.80. The van der Waals surface area contributed by atoms with Crippen LogP contribution in [0.3, 0.4) is 0 Å². The van der Waals surface area contributed by atoms with E-state index in [-0.39, 0.29) is 11.7 Å². The second-order valence-electron chi connectivity index (χ2n) is 2.81. The molecule has 0 aromatic rings. The first-order valence-corrected chi connectivity index (χ1v) is 4.85. The van der Waals surface area contributed by atoms with E-state index in [0.29, 0.717) is 25.1 Å². The highest BCUT2D eigenvalue weighted by Crippen LogP contribution is 1.93. The molecule has 0 saturated carbocycles. The topological polar surface area (TPSA) is 72.2 Å². The van der Waals surface area contributed by atoms with Gasteiger partial charge >= 0.3 is 0 Å². The summed E-state index contributed by atoms with van der Waals surface area (Å²) in [5.74, 6) is 0.125. The zero-order valence-corrected chi connectivity index (χ0v) is 8.64. The number of carbonyl (C=O) groups excluding carboxylic acids is 2. The summed E-state index contributed by atoms with van der Waals surface area (Å²) in [6, 6.07) is -0.464. The van der Waals surface area contributed by atoms with Crippen LogP contribution in [0.1, 0.15) is 19.8 Å². The largest absolute Gasteiger partial charge is 0.345 e. The molecule has 0 aliphatic rings. The number of hydrogen-bond donors (Lipinski definition) is 3. The van der Waals surface area contributed by atoms with Crippen molar-refractivity contribution in [1.29, 1.82) is 0 Å². The second-order valence-corrected chi connectivity index (χ2v) is 3.17. The van der Waals surface area contributed by atoms with Crippen LogP contribution in [-0.4, -0.2) is 30.0 Å². The van der Waals surface area contributed by atoms with Gasteiger partial charge in [-0.05, 0) is 19.9 Å². The molecule has 1 atom stereocenters. The summed E-state index contributed by atoms with van der Waals surface area (Å²) in [5, 5.41) is 2.58. The number of rotatable bonds is 6. The van der Waals surface area contributed by atoms with Crippen molar-refractivity contribution >= 4 is 24.3 Å². The van der Waals surface area contributed by atoms with Gasteiger partial charge in [0.1, 0.15) is 0 Å². The summed E-state index contributed by atoms with van der Waals surface area (Å²) >= 11 is 3.96. The fourth-order valence-corrected chi connectivity index (χ4v) is 1.15. The SMILES string of the molecule is CC(=O)C(CS)NC(=O)CCCN.